The average molecular weight is 377 g/mol. The van der Waals surface area contributed by atoms with Crippen molar-refractivity contribution in [1.29, 1.82) is 0 Å². The van der Waals surface area contributed by atoms with Crippen LogP contribution < -0.4 is 10.6 Å². The maximum absolute atomic E-state index is 12.2. The molecule has 1 aliphatic heterocycles. The lowest BCUT2D eigenvalue weighted by atomic mass is 9.96. The van der Waals surface area contributed by atoms with E-state index >= 15 is 0 Å². The molecule has 3 heterocycles. The first-order valence-corrected chi connectivity index (χ1v) is 8.79. The first-order valence-electron chi connectivity index (χ1n) is 8.79. The van der Waals surface area contributed by atoms with Gasteiger partial charge in [-0.3, -0.25) is 4.79 Å². The second-order valence-corrected chi connectivity index (χ2v) is 6.25. The zero-order valence-electron chi connectivity index (χ0n) is 15.1. The van der Waals surface area contributed by atoms with Crippen molar-refractivity contribution in [2.24, 2.45) is 5.92 Å². The van der Waals surface area contributed by atoms with Gasteiger partial charge in [0.15, 0.2) is 5.82 Å². The van der Waals surface area contributed by atoms with Crippen LogP contribution in [0, 0.1) is 5.92 Å². The van der Waals surface area contributed by atoms with Gasteiger partial charge < -0.3 is 29.2 Å². The number of carbonyl (C=O) groups excluding carboxylic acids is 2. The van der Waals surface area contributed by atoms with Crippen LogP contribution in [0.25, 0.3) is 0 Å². The number of likely N-dealkylation sites (tertiary alicyclic amines) is 1. The number of nitrogens with zero attached hydrogens (tertiary/aromatic N) is 3. The van der Waals surface area contributed by atoms with Crippen molar-refractivity contribution in [2.45, 2.75) is 32.5 Å². The summed E-state index contributed by atoms with van der Waals surface area (Å²) in [6.07, 6.45) is 2.82. The van der Waals surface area contributed by atoms with E-state index in [-0.39, 0.29) is 31.0 Å². The highest BCUT2D eigenvalue weighted by molar-refractivity contribution is 5.79. The third-order valence-corrected chi connectivity index (χ3v) is 4.34. The molecule has 27 heavy (non-hydrogen) atoms. The van der Waals surface area contributed by atoms with E-state index in [4.69, 9.17) is 13.7 Å². The van der Waals surface area contributed by atoms with E-state index in [2.05, 4.69) is 20.8 Å². The van der Waals surface area contributed by atoms with Gasteiger partial charge in [-0.1, -0.05) is 5.16 Å². The van der Waals surface area contributed by atoms with E-state index < -0.39 is 0 Å². The number of nitrogens with one attached hydrogen (secondary N) is 2. The highest BCUT2D eigenvalue weighted by Crippen LogP contribution is 2.17. The largest absolute Gasteiger partial charge is 0.467 e. The molecule has 0 saturated carbocycles. The molecule has 0 spiro atoms. The summed E-state index contributed by atoms with van der Waals surface area (Å²) in [4.78, 5) is 30.3. The van der Waals surface area contributed by atoms with Crippen molar-refractivity contribution in [3.63, 3.8) is 0 Å². The Bertz CT molecular complexity index is 737. The zero-order valence-corrected chi connectivity index (χ0v) is 15.1. The van der Waals surface area contributed by atoms with Crippen LogP contribution in [-0.4, -0.2) is 47.2 Å². The molecule has 0 radical (unpaired) electrons. The molecule has 1 saturated heterocycles. The lowest BCUT2D eigenvalue weighted by molar-refractivity contribution is -0.126. The summed E-state index contributed by atoms with van der Waals surface area (Å²) in [5, 5.41) is 9.35. The number of rotatable bonds is 7. The first kappa shape index (κ1) is 18.9. The number of amides is 3. The number of piperidine rings is 1. The van der Waals surface area contributed by atoms with E-state index in [1.807, 2.05) is 6.07 Å². The highest BCUT2D eigenvalue weighted by atomic mass is 16.5. The van der Waals surface area contributed by atoms with Crippen LogP contribution in [0.15, 0.2) is 27.3 Å². The maximum atomic E-state index is 12.2. The number of furan rings is 1. The molecule has 1 aliphatic rings. The molecule has 10 heteroatoms. The second kappa shape index (κ2) is 9.17. The number of carbonyl (C=O) groups is 2. The van der Waals surface area contributed by atoms with Crippen molar-refractivity contribution < 1.29 is 23.3 Å². The Balaban J connectivity index is 1.37. The predicted molar refractivity (Wildman–Crippen MR) is 92.1 cm³/mol. The Hall–Kier alpha value is -2.88. The summed E-state index contributed by atoms with van der Waals surface area (Å²) in [6, 6.07) is 3.39. The fourth-order valence-corrected chi connectivity index (χ4v) is 2.89. The van der Waals surface area contributed by atoms with Gasteiger partial charge in [-0.15, -0.1) is 0 Å². The standard InChI is InChI=1S/C17H23N5O5/c1-25-11-14-20-15(27-21-14)10-19-17(24)22-6-4-12(5-7-22)16(23)18-9-13-3-2-8-26-13/h2-3,8,12H,4-7,9-11H2,1H3,(H,18,23)(H,19,24). The average Bonchev–Trinajstić information content (AvgIpc) is 3.36. The summed E-state index contributed by atoms with van der Waals surface area (Å²) in [5.41, 5.74) is 0. The minimum absolute atomic E-state index is 0.0111. The van der Waals surface area contributed by atoms with Crippen LogP contribution in [0.1, 0.15) is 30.3 Å². The van der Waals surface area contributed by atoms with Gasteiger partial charge >= 0.3 is 6.03 Å². The van der Waals surface area contributed by atoms with E-state index in [0.29, 0.717) is 44.2 Å². The molecule has 146 valence electrons. The molecule has 0 atom stereocenters. The van der Waals surface area contributed by atoms with Crippen LogP contribution in [-0.2, 0) is 29.2 Å². The Morgan fingerprint density at radius 1 is 1.30 bits per heavy atom. The molecular formula is C17H23N5O5. The van der Waals surface area contributed by atoms with Crippen LogP contribution in [0.3, 0.4) is 0 Å². The minimum atomic E-state index is -0.212. The molecule has 2 N–H and O–H groups in total. The third-order valence-electron chi connectivity index (χ3n) is 4.34. The Kier molecular flexibility index (Phi) is 6.42. The molecule has 0 aromatic carbocycles. The molecule has 0 bridgehead atoms. The fraction of sp³-hybridized carbons (Fsp3) is 0.529. The SMILES string of the molecule is COCc1noc(CNC(=O)N2CCC(C(=O)NCc3ccco3)CC2)n1. The lowest BCUT2D eigenvalue weighted by Crippen LogP contribution is -2.46. The van der Waals surface area contributed by atoms with E-state index in [9.17, 15) is 9.59 Å². The van der Waals surface area contributed by atoms with Gasteiger partial charge in [-0.2, -0.15) is 4.98 Å². The number of hydrogen-bond acceptors (Lipinski definition) is 7. The van der Waals surface area contributed by atoms with Crippen molar-refractivity contribution >= 4 is 11.9 Å². The molecule has 2 aromatic rings. The normalized spacial score (nSPS) is 14.9. The molecule has 0 aliphatic carbocycles. The summed E-state index contributed by atoms with van der Waals surface area (Å²) >= 11 is 0. The molecule has 3 rings (SSSR count). The number of methoxy groups -OCH3 is 1. The molecule has 0 unspecified atom stereocenters. The molecular weight excluding hydrogens is 354 g/mol. The summed E-state index contributed by atoms with van der Waals surface area (Å²) < 4.78 is 15.1. The van der Waals surface area contributed by atoms with Crippen LogP contribution in [0.5, 0.6) is 0 Å². The number of aromatic nitrogens is 2. The second-order valence-electron chi connectivity index (χ2n) is 6.25. The van der Waals surface area contributed by atoms with Gasteiger partial charge in [0.1, 0.15) is 12.4 Å². The maximum Gasteiger partial charge on any atom is 0.317 e. The zero-order chi connectivity index (χ0) is 19.1. The predicted octanol–water partition coefficient (Wildman–Crippen LogP) is 1.05. The molecule has 10 nitrogen and oxygen atoms in total. The quantitative estimate of drug-likeness (QED) is 0.739. The van der Waals surface area contributed by atoms with Crippen molar-refractivity contribution in [3.8, 4) is 0 Å². The van der Waals surface area contributed by atoms with Crippen molar-refractivity contribution in [1.82, 2.24) is 25.7 Å². The van der Waals surface area contributed by atoms with Gasteiger partial charge in [-0.25, -0.2) is 4.79 Å². The van der Waals surface area contributed by atoms with Gasteiger partial charge in [-0.05, 0) is 25.0 Å². The molecule has 1 fully saturated rings. The van der Waals surface area contributed by atoms with E-state index in [1.54, 1.807) is 24.3 Å². The highest BCUT2D eigenvalue weighted by Gasteiger charge is 2.27. The summed E-state index contributed by atoms with van der Waals surface area (Å²) in [7, 11) is 1.54. The van der Waals surface area contributed by atoms with Gasteiger partial charge in [0, 0.05) is 26.1 Å². The smallest absolute Gasteiger partial charge is 0.317 e. The van der Waals surface area contributed by atoms with E-state index in [0.717, 1.165) is 5.76 Å². The minimum Gasteiger partial charge on any atom is -0.467 e. The van der Waals surface area contributed by atoms with Crippen molar-refractivity contribution in [2.75, 3.05) is 20.2 Å². The molecule has 2 aromatic heterocycles. The van der Waals surface area contributed by atoms with Crippen LogP contribution >= 0.6 is 0 Å². The number of ether oxygens (including phenoxy) is 1. The fourth-order valence-electron chi connectivity index (χ4n) is 2.89. The Morgan fingerprint density at radius 2 is 2.11 bits per heavy atom. The van der Waals surface area contributed by atoms with Crippen LogP contribution in [0.4, 0.5) is 4.79 Å². The number of urea groups is 1. The van der Waals surface area contributed by atoms with Gasteiger partial charge in [0.05, 0.1) is 19.4 Å². The van der Waals surface area contributed by atoms with Gasteiger partial charge in [0.25, 0.3) is 0 Å². The van der Waals surface area contributed by atoms with Crippen molar-refractivity contribution in [3.05, 3.63) is 35.9 Å². The summed E-state index contributed by atoms with van der Waals surface area (Å²) in [5.74, 6) is 1.36. The third kappa shape index (κ3) is 5.30. The monoisotopic (exact) mass is 377 g/mol. The Labute approximate surface area is 156 Å². The van der Waals surface area contributed by atoms with Crippen LogP contribution in [0.2, 0.25) is 0 Å². The number of hydrogen-bond donors (Lipinski definition) is 2. The van der Waals surface area contributed by atoms with E-state index in [1.165, 1.54) is 0 Å². The summed E-state index contributed by atoms with van der Waals surface area (Å²) in [6.45, 7) is 1.82. The topological polar surface area (TPSA) is 123 Å². The lowest BCUT2D eigenvalue weighted by Gasteiger charge is -2.31. The Morgan fingerprint density at radius 3 is 2.81 bits per heavy atom. The molecule has 3 amide bonds. The van der Waals surface area contributed by atoms with Gasteiger partial charge in [0.2, 0.25) is 11.8 Å². The first-order chi connectivity index (χ1) is 13.2.